The Morgan fingerprint density at radius 1 is 1.19 bits per heavy atom. The lowest BCUT2D eigenvalue weighted by Crippen LogP contribution is -2.38. The number of carbonyl (C=O) groups is 2. The van der Waals surface area contributed by atoms with E-state index < -0.39 is 0 Å². The third-order valence-corrected chi connectivity index (χ3v) is 5.66. The first-order valence-corrected chi connectivity index (χ1v) is 9.67. The maximum absolute atomic E-state index is 12.7. The van der Waals surface area contributed by atoms with Crippen molar-refractivity contribution in [2.75, 3.05) is 16.8 Å². The summed E-state index contributed by atoms with van der Waals surface area (Å²) in [6.45, 7) is 8.08. The topological polar surface area (TPSA) is 49.4 Å². The van der Waals surface area contributed by atoms with Crippen LogP contribution in [0, 0.1) is 20.8 Å². The number of fused-ring (bicyclic) bond motifs is 1. The Kier molecular flexibility index (Phi) is 5.37. The van der Waals surface area contributed by atoms with Crippen LogP contribution in [0.3, 0.4) is 0 Å². The van der Waals surface area contributed by atoms with Crippen molar-refractivity contribution in [3.63, 3.8) is 0 Å². The Morgan fingerprint density at radius 2 is 1.85 bits per heavy atom. The van der Waals surface area contributed by atoms with Crippen LogP contribution < -0.4 is 10.2 Å². The first kappa shape index (κ1) is 18.5. The average molecular weight is 369 g/mol. The smallest absolute Gasteiger partial charge is 0.244 e. The second kappa shape index (κ2) is 7.54. The number of rotatable bonds is 3. The minimum atomic E-state index is -0.178. The Hall–Kier alpha value is -2.27. The highest BCUT2D eigenvalue weighted by atomic mass is 32.2. The number of carbonyl (C=O) groups excluding carboxylic acids is 2. The van der Waals surface area contributed by atoms with Gasteiger partial charge in [0.1, 0.15) is 6.54 Å². The number of amides is 2. The number of thioether (sulfide) groups is 1. The first-order chi connectivity index (χ1) is 12.3. The van der Waals surface area contributed by atoms with Crippen LogP contribution in [0.4, 0.5) is 11.4 Å². The predicted octanol–water partition coefficient (Wildman–Crippen LogP) is 4.47. The Balaban J connectivity index is 1.84. The Labute approximate surface area is 159 Å². The Bertz CT molecular complexity index is 840. The van der Waals surface area contributed by atoms with Gasteiger partial charge in [-0.2, -0.15) is 0 Å². The van der Waals surface area contributed by atoms with Gasteiger partial charge in [0.25, 0.3) is 0 Å². The van der Waals surface area contributed by atoms with Gasteiger partial charge in [-0.15, -0.1) is 11.8 Å². The molecule has 1 heterocycles. The van der Waals surface area contributed by atoms with E-state index in [4.69, 9.17) is 0 Å². The summed E-state index contributed by atoms with van der Waals surface area (Å²) in [5.74, 6) is -0.190. The zero-order valence-electron chi connectivity index (χ0n) is 15.6. The van der Waals surface area contributed by atoms with E-state index in [2.05, 4.69) is 5.32 Å². The largest absolute Gasteiger partial charge is 0.324 e. The van der Waals surface area contributed by atoms with Gasteiger partial charge in [-0.1, -0.05) is 36.8 Å². The number of nitrogens with one attached hydrogen (secondary N) is 1. The van der Waals surface area contributed by atoms with Crippen molar-refractivity contribution in [1.82, 2.24) is 0 Å². The van der Waals surface area contributed by atoms with Crippen molar-refractivity contribution in [3.8, 4) is 0 Å². The fourth-order valence-electron chi connectivity index (χ4n) is 3.40. The monoisotopic (exact) mass is 368 g/mol. The molecule has 0 bridgehead atoms. The normalized spacial score (nSPS) is 16.8. The molecule has 1 atom stereocenters. The molecule has 26 heavy (non-hydrogen) atoms. The van der Waals surface area contributed by atoms with Crippen molar-refractivity contribution in [1.29, 1.82) is 0 Å². The minimum Gasteiger partial charge on any atom is -0.324 e. The highest BCUT2D eigenvalue weighted by molar-refractivity contribution is 8.00. The fraction of sp³-hybridized carbons (Fsp3) is 0.333. The van der Waals surface area contributed by atoms with Crippen molar-refractivity contribution >= 4 is 35.0 Å². The molecule has 1 aliphatic heterocycles. The molecule has 0 unspecified atom stereocenters. The van der Waals surface area contributed by atoms with Crippen LogP contribution in [0.2, 0.25) is 0 Å². The van der Waals surface area contributed by atoms with Gasteiger partial charge in [0.05, 0.1) is 5.69 Å². The molecule has 4 nitrogen and oxygen atoms in total. The highest BCUT2D eigenvalue weighted by Crippen LogP contribution is 2.37. The van der Waals surface area contributed by atoms with Crippen LogP contribution in [0.15, 0.2) is 41.3 Å². The van der Waals surface area contributed by atoms with E-state index in [1.54, 1.807) is 16.7 Å². The van der Waals surface area contributed by atoms with E-state index >= 15 is 0 Å². The second-order valence-electron chi connectivity index (χ2n) is 6.90. The van der Waals surface area contributed by atoms with Crippen LogP contribution >= 0.6 is 11.8 Å². The molecule has 2 aromatic carbocycles. The van der Waals surface area contributed by atoms with E-state index in [0.717, 1.165) is 27.4 Å². The minimum absolute atomic E-state index is 0.0116. The summed E-state index contributed by atoms with van der Waals surface area (Å²) in [6.07, 6.45) is 0.426. The number of hydrogen-bond donors (Lipinski definition) is 1. The van der Waals surface area contributed by atoms with Gasteiger partial charge in [-0.3, -0.25) is 9.59 Å². The molecule has 0 fully saturated rings. The standard InChI is InChI=1S/C21H24N2O2S/c1-13-9-14(2)21(15(3)10-13)22-19(24)12-23-17-7-5-6-8-18(17)26-16(4)11-20(23)25/h5-10,16H,11-12H2,1-4H3,(H,22,24)/t16-/m0/s1. The Morgan fingerprint density at radius 3 is 2.54 bits per heavy atom. The zero-order valence-corrected chi connectivity index (χ0v) is 16.4. The molecule has 0 saturated heterocycles. The van der Waals surface area contributed by atoms with E-state index in [-0.39, 0.29) is 23.6 Å². The molecule has 2 amide bonds. The third kappa shape index (κ3) is 3.93. The molecular formula is C21H24N2O2S. The number of anilines is 2. The van der Waals surface area contributed by atoms with Gasteiger partial charge in [-0.05, 0) is 44.0 Å². The lowest BCUT2D eigenvalue weighted by molar-refractivity contribution is -0.121. The molecule has 2 aromatic rings. The summed E-state index contributed by atoms with van der Waals surface area (Å²) < 4.78 is 0. The van der Waals surface area contributed by atoms with Crippen LogP contribution in [0.25, 0.3) is 0 Å². The lowest BCUT2D eigenvalue weighted by atomic mass is 10.1. The van der Waals surface area contributed by atoms with Crippen molar-refractivity contribution in [2.24, 2.45) is 0 Å². The summed E-state index contributed by atoms with van der Waals surface area (Å²) in [5.41, 5.74) is 4.88. The number of benzene rings is 2. The van der Waals surface area contributed by atoms with Gasteiger partial charge < -0.3 is 10.2 Å². The number of aryl methyl sites for hydroxylation is 3. The molecule has 5 heteroatoms. The molecule has 136 valence electrons. The van der Waals surface area contributed by atoms with E-state index in [0.29, 0.717) is 6.42 Å². The van der Waals surface area contributed by atoms with Gasteiger partial charge in [0, 0.05) is 22.3 Å². The SMILES string of the molecule is Cc1cc(C)c(NC(=O)CN2C(=O)C[C@H](C)Sc3ccccc32)c(C)c1. The van der Waals surface area contributed by atoms with Crippen LogP contribution in [-0.2, 0) is 9.59 Å². The van der Waals surface area contributed by atoms with E-state index in [9.17, 15) is 9.59 Å². The highest BCUT2D eigenvalue weighted by Gasteiger charge is 2.27. The number of nitrogens with zero attached hydrogens (tertiary/aromatic N) is 1. The molecule has 3 rings (SSSR count). The third-order valence-electron chi connectivity index (χ3n) is 4.49. The van der Waals surface area contributed by atoms with Crippen molar-refractivity contribution < 1.29 is 9.59 Å². The maximum Gasteiger partial charge on any atom is 0.244 e. The molecule has 0 aromatic heterocycles. The van der Waals surface area contributed by atoms with E-state index in [1.807, 2.05) is 64.1 Å². The summed E-state index contributed by atoms with van der Waals surface area (Å²) in [4.78, 5) is 28.0. The molecule has 0 aliphatic carbocycles. The van der Waals surface area contributed by atoms with Gasteiger partial charge >= 0.3 is 0 Å². The van der Waals surface area contributed by atoms with Gasteiger partial charge in [0.15, 0.2) is 0 Å². The maximum atomic E-state index is 12.7. The predicted molar refractivity (Wildman–Crippen MR) is 108 cm³/mol. The number of hydrogen-bond acceptors (Lipinski definition) is 3. The molecule has 0 spiro atoms. The summed E-state index contributed by atoms with van der Waals surface area (Å²) >= 11 is 1.68. The van der Waals surface area contributed by atoms with E-state index in [1.165, 1.54) is 5.56 Å². The van der Waals surface area contributed by atoms with Gasteiger partial charge in [0.2, 0.25) is 11.8 Å². The average Bonchev–Trinajstić information content (AvgIpc) is 2.67. The summed E-state index contributed by atoms with van der Waals surface area (Å²) in [5, 5.41) is 3.19. The van der Waals surface area contributed by atoms with Crippen LogP contribution in [-0.4, -0.2) is 23.6 Å². The molecule has 0 saturated carbocycles. The van der Waals surface area contributed by atoms with Crippen LogP contribution in [0.5, 0.6) is 0 Å². The molecule has 1 N–H and O–H groups in total. The molecule has 0 radical (unpaired) electrons. The number of para-hydroxylation sites is 1. The fourth-order valence-corrected chi connectivity index (χ4v) is 4.52. The second-order valence-corrected chi connectivity index (χ2v) is 8.38. The van der Waals surface area contributed by atoms with Crippen molar-refractivity contribution in [3.05, 3.63) is 53.1 Å². The zero-order chi connectivity index (χ0) is 18.8. The first-order valence-electron chi connectivity index (χ1n) is 8.79. The van der Waals surface area contributed by atoms with Gasteiger partial charge in [-0.25, -0.2) is 0 Å². The lowest BCUT2D eigenvalue weighted by Gasteiger charge is -2.22. The quantitative estimate of drug-likeness (QED) is 0.870. The summed E-state index contributed by atoms with van der Waals surface area (Å²) in [6, 6.07) is 11.9. The molecule has 1 aliphatic rings. The van der Waals surface area contributed by atoms with Crippen molar-refractivity contribution in [2.45, 2.75) is 44.3 Å². The molecular weight excluding hydrogens is 344 g/mol. The summed E-state index contributed by atoms with van der Waals surface area (Å²) in [7, 11) is 0. The van der Waals surface area contributed by atoms with Crippen LogP contribution in [0.1, 0.15) is 30.0 Å².